The Bertz CT molecular complexity index is 424. The third-order valence-corrected chi connectivity index (χ3v) is 5.40. The summed E-state index contributed by atoms with van der Waals surface area (Å²) >= 11 is 0. The third-order valence-electron chi connectivity index (χ3n) is 5.40. The summed E-state index contributed by atoms with van der Waals surface area (Å²) in [6, 6.07) is 10.8. The zero-order chi connectivity index (χ0) is 14.5. The van der Waals surface area contributed by atoms with Gasteiger partial charge in [-0.3, -0.25) is 4.90 Å². The van der Waals surface area contributed by atoms with Crippen molar-refractivity contribution in [2.75, 3.05) is 40.0 Å². The van der Waals surface area contributed by atoms with Crippen molar-refractivity contribution in [1.82, 2.24) is 4.90 Å². The molecule has 1 spiro atoms. The molecule has 0 saturated carbocycles. The summed E-state index contributed by atoms with van der Waals surface area (Å²) in [4.78, 5) is 2.60. The van der Waals surface area contributed by atoms with E-state index in [4.69, 9.17) is 9.47 Å². The SMILES string of the molecule is COC[C@H]1COCCC12CCN(Cc1ccccc1)CC2. The number of piperidine rings is 1. The second-order valence-electron chi connectivity index (χ2n) is 6.60. The molecule has 0 amide bonds. The lowest BCUT2D eigenvalue weighted by molar-refractivity contribution is -0.0951. The van der Waals surface area contributed by atoms with E-state index in [9.17, 15) is 0 Å². The molecular formula is C18H27NO2. The lowest BCUT2D eigenvalue weighted by Crippen LogP contribution is -2.49. The van der Waals surface area contributed by atoms with Gasteiger partial charge in [0.1, 0.15) is 0 Å². The summed E-state index contributed by atoms with van der Waals surface area (Å²) in [5.74, 6) is 0.579. The average molecular weight is 289 g/mol. The Morgan fingerprint density at radius 2 is 1.95 bits per heavy atom. The zero-order valence-electron chi connectivity index (χ0n) is 13.1. The molecule has 1 atom stereocenters. The van der Waals surface area contributed by atoms with Gasteiger partial charge in [0.25, 0.3) is 0 Å². The van der Waals surface area contributed by atoms with Crippen molar-refractivity contribution in [1.29, 1.82) is 0 Å². The van der Waals surface area contributed by atoms with Gasteiger partial charge < -0.3 is 9.47 Å². The van der Waals surface area contributed by atoms with E-state index in [1.165, 1.54) is 37.9 Å². The highest BCUT2D eigenvalue weighted by atomic mass is 16.5. The topological polar surface area (TPSA) is 21.7 Å². The average Bonchev–Trinajstić information content (AvgIpc) is 2.53. The fourth-order valence-corrected chi connectivity index (χ4v) is 3.96. The van der Waals surface area contributed by atoms with Gasteiger partial charge in [-0.15, -0.1) is 0 Å². The van der Waals surface area contributed by atoms with Crippen LogP contribution in [0.4, 0.5) is 0 Å². The quantitative estimate of drug-likeness (QED) is 0.850. The minimum Gasteiger partial charge on any atom is -0.384 e. The van der Waals surface area contributed by atoms with E-state index in [0.717, 1.165) is 26.4 Å². The molecule has 0 aliphatic carbocycles. The van der Waals surface area contributed by atoms with Gasteiger partial charge in [-0.1, -0.05) is 30.3 Å². The summed E-state index contributed by atoms with van der Waals surface area (Å²) in [5, 5.41) is 0. The number of hydrogen-bond donors (Lipinski definition) is 0. The zero-order valence-corrected chi connectivity index (χ0v) is 13.1. The summed E-state index contributed by atoms with van der Waals surface area (Å²) in [6.07, 6.45) is 3.79. The number of nitrogens with zero attached hydrogens (tertiary/aromatic N) is 1. The van der Waals surface area contributed by atoms with Gasteiger partial charge in [0.2, 0.25) is 0 Å². The van der Waals surface area contributed by atoms with Gasteiger partial charge in [-0.25, -0.2) is 0 Å². The van der Waals surface area contributed by atoms with Gasteiger partial charge in [0, 0.05) is 26.2 Å². The third kappa shape index (κ3) is 3.47. The molecule has 21 heavy (non-hydrogen) atoms. The molecule has 1 aromatic carbocycles. The molecule has 0 bridgehead atoms. The highest BCUT2D eigenvalue weighted by molar-refractivity contribution is 5.14. The maximum Gasteiger partial charge on any atom is 0.0521 e. The number of hydrogen-bond acceptors (Lipinski definition) is 3. The number of likely N-dealkylation sites (tertiary alicyclic amines) is 1. The van der Waals surface area contributed by atoms with Crippen LogP contribution in [0.15, 0.2) is 30.3 Å². The number of ether oxygens (including phenoxy) is 2. The van der Waals surface area contributed by atoms with Crippen molar-refractivity contribution < 1.29 is 9.47 Å². The summed E-state index contributed by atoms with van der Waals surface area (Å²) < 4.78 is 11.1. The molecule has 2 aliphatic rings. The molecular weight excluding hydrogens is 262 g/mol. The summed E-state index contributed by atoms with van der Waals surface area (Å²) in [6.45, 7) is 6.15. The molecule has 2 heterocycles. The lowest BCUT2D eigenvalue weighted by atomic mass is 9.66. The van der Waals surface area contributed by atoms with E-state index >= 15 is 0 Å². The van der Waals surface area contributed by atoms with Crippen LogP contribution < -0.4 is 0 Å². The molecule has 0 aromatic heterocycles. The Morgan fingerprint density at radius 3 is 2.67 bits per heavy atom. The molecule has 2 saturated heterocycles. The number of methoxy groups -OCH3 is 1. The standard InChI is InChI=1S/C18H27NO2/c1-20-14-17-15-21-12-9-18(17)7-10-19(11-8-18)13-16-5-3-2-4-6-16/h2-6,17H,7-15H2,1H3/t17-/m0/s1. The Balaban J connectivity index is 1.58. The summed E-state index contributed by atoms with van der Waals surface area (Å²) in [7, 11) is 1.81. The van der Waals surface area contributed by atoms with E-state index < -0.39 is 0 Å². The smallest absolute Gasteiger partial charge is 0.0521 e. The van der Waals surface area contributed by atoms with Crippen LogP contribution in [-0.2, 0) is 16.0 Å². The second-order valence-corrected chi connectivity index (χ2v) is 6.60. The molecule has 0 unspecified atom stereocenters. The van der Waals surface area contributed by atoms with Gasteiger partial charge in [-0.2, -0.15) is 0 Å². The molecule has 116 valence electrons. The van der Waals surface area contributed by atoms with Gasteiger partial charge >= 0.3 is 0 Å². The van der Waals surface area contributed by atoms with E-state index in [-0.39, 0.29) is 0 Å². The van der Waals surface area contributed by atoms with E-state index in [1.807, 2.05) is 7.11 Å². The monoisotopic (exact) mass is 289 g/mol. The lowest BCUT2D eigenvalue weighted by Gasteiger charge is -2.49. The molecule has 1 aromatic rings. The second kappa shape index (κ2) is 6.91. The number of benzene rings is 1. The molecule has 3 nitrogen and oxygen atoms in total. The van der Waals surface area contributed by atoms with Crippen LogP contribution in [0.25, 0.3) is 0 Å². The molecule has 0 N–H and O–H groups in total. The van der Waals surface area contributed by atoms with Crippen molar-refractivity contribution in [3.8, 4) is 0 Å². The van der Waals surface area contributed by atoms with Gasteiger partial charge in [0.15, 0.2) is 0 Å². The first-order valence-electron chi connectivity index (χ1n) is 8.15. The Kier molecular flexibility index (Phi) is 4.94. The first-order chi connectivity index (χ1) is 10.3. The van der Waals surface area contributed by atoms with Crippen molar-refractivity contribution in [3.63, 3.8) is 0 Å². The highest BCUT2D eigenvalue weighted by Crippen LogP contribution is 2.44. The van der Waals surface area contributed by atoms with Crippen molar-refractivity contribution in [2.24, 2.45) is 11.3 Å². The predicted molar refractivity (Wildman–Crippen MR) is 84.2 cm³/mol. The van der Waals surface area contributed by atoms with Crippen LogP contribution >= 0.6 is 0 Å². The van der Waals surface area contributed by atoms with Crippen LogP contribution in [-0.4, -0.2) is 44.9 Å². The van der Waals surface area contributed by atoms with Gasteiger partial charge in [0.05, 0.1) is 13.2 Å². The summed E-state index contributed by atoms with van der Waals surface area (Å²) in [5.41, 5.74) is 1.88. The van der Waals surface area contributed by atoms with Crippen LogP contribution in [0, 0.1) is 11.3 Å². The maximum atomic E-state index is 5.69. The van der Waals surface area contributed by atoms with E-state index in [2.05, 4.69) is 35.2 Å². The fourth-order valence-electron chi connectivity index (χ4n) is 3.96. The molecule has 3 rings (SSSR count). The Hall–Kier alpha value is -0.900. The normalized spacial score (nSPS) is 26.0. The Morgan fingerprint density at radius 1 is 1.19 bits per heavy atom. The first kappa shape index (κ1) is 15.0. The largest absolute Gasteiger partial charge is 0.384 e. The van der Waals surface area contributed by atoms with Crippen LogP contribution in [0.1, 0.15) is 24.8 Å². The molecule has 0 radical (unpaired) electrons. The van der Waals surface area contributed by atoms with Crippen LogP contribution in [0.5, 0.6) is 0 Å². The minimum atomic E-state index is 0.460. The van der Waals surface area contributed by atoms with Crippen molar-refractivity contribution in [2.45, 2.75) is 25.8 Å². The molecule has 2 fully saturated rings. The molecule has 3 heteroatoms. The molecule has 2 aliphatic heterocycles. The highest BCUT2D eigenvalue weighted by Gasteiger charge is 2.43. The van der Waals surface area contributed by atoms with E-state index in [0.29, 0.717) is 11.3 Å². The van der Waals surface area contributed by atoms with Crippen LogP contribution in [0.2, 0.25) is 0 Å². The number of rotatable bonds is 4. The van der Waals surface area contributed by atoms with Gasteiger partial charge in [-0.05, 0) is 43.3 Å². The van der Waals surface area contributed by atoms with Crippen LogP contribution in [0.3, 0.4) is 0 Å². The Labute approximate surface area is 128 Å². The van der Waals surface area contributed by atoms with Crippen molar-refractivity contribution in [3.05, 3.63) is 35.9 Å². The van der Waals surface area contributed by atoms with Crippen molar-refractivity contribution >= 4 is 0 Å². The predicted octanol–water partition coefficient (Wildman–Crippen LogP) is 2.95. The minimum absolute atomic E-state index is 0.460. The fraction of sp³-hybridized carbons (Fsp3) is 0.667. The maximum absolute atomic E-state index is 5.69. The first-order valence-corrected chi connectivity index (χ1v) is 8.15. The van der Waals surface area contributed by atoms with E-state index in [1.54, 1.807) is 0 Å².